The van der Waals surface area contributed by atoms with E-state index in [1.165, 1.54) is 35.3 Å². The molecule has 0 unspecified atom stereocenters. The Labute approximate surface area is 191 Å². The summed E-state index contributed by atoms with van der Waals surface area (Å²) < 4.78 is 43.0. The first-order valence-corrected chi connectivity index (χ1v) is 10.4. The number of aromatic nitrogens is 5. The summed E-state index contributed by atoms with van der Waals surface area (Å²) in [6.07, 6.45) is -3.24. The second-order valence-corrected chi connectivity index (χ2v) is 7.95. The van der Waals surface area contributed by atoms with Gasteiger partial charge in [-0.05, 0) is 48.9 Å². The number of hydrogen-bond acceptors (Lipinski definition) is 6. The summed E-state index contributed by atoms with van der Waals surface area (Å²) >= 11 is 0. The SMILES string of the molecule is Cn1ncc(-c2nn(-c3ccc(OC(F)(F)F)cc3)c3ccc(C(=O)N4CC[C@@H](O)C4)cc23)n1. The molecule has 4 aromatic rings. The second kappa shape index (κ2) is 8.13. The number of hydrogen-bond donors (Lipinski definition) is 1. The number of nitrogens with zero attached hydrogens (tertiary/aromatic N) is 6. The zero-order valence-corrected chi connectivity index (χ0v) is 17.9. The van der Waals surface area contributed by atoms with Crippen LogP contribution in [0.3, 0.4) is 0 Å². The molecule has 176 valence electrons. The molecule has 1 N–H and O–H groups in total. The summed E-state index contributed by atoms with van der Waals surface area (Å²) in [5.74, 6) is -0.549. The Morgan fingerprint density at radius 1 is 1.15 bits per heavy atom. The zero-order chi connectivity index (χ0) is 24.0. The number of carbonyl (C=O) groups is 1. The Hall–Kier alpha value is -3.93. The lowest BCUT2D eigenvalue weighted by atomic mass is 10.1. The van der Waals surface area contributed by atoms with E-state index in [0.717, 1.165) is 0 Å². The topological polar surface area (TPSA) is 98.3 Å². The van der Waals surface area contributed by atoms with Gasteiger partial charge in [-0.15, -0.1) is 13.2 Å². The molecule has 1 amide bonds. The van der Waals surface area contributed by atoms with Gasteiger partial charge in [0.1, 0.15) is 17.1 Å². The van der Waals surface area contributed by atoms with Crippen LogP contribution in [0.5, 0.6) is 5.75 Å². The first kappa shape index (κ1) is 21.9. The van der Waals surface area contributed by atoms with Gasteiger partial charge in [-0.3, -0.25) is 4.79 Å². The third-order valence-corrected chi connectivity index (χ3v) is 5.53. The Morgan fingerprint density at radius 3 is 2.53 bits per heavy atom. The number of fused-ring (bicyclic) bond motifs is 1. The highest BCUT2D eigenvalue weighted by molar-refractivity contribution is 6.01. The quantitative estimate of drug-likeness (QED) is 0.491. The molecule has 2 aromatic heterocycles. The normalized spacial score (nSPS) is 16.4. The molecule has 0 spiro atoms. The fraction of sp³-hybridized carbons (Fsp3) is 0.273. The van der Waals surface area contributed by atoms with Crippen molar-refractivity contribution in [2.24, 2.45) is 7.05 Å². The van der Waals surface area contributed by atoms with Crippen molar-refractivity contribution in [3.05, 3.63) is 54.2 Å². The van der Waals surface area contributed by atoms with E-state index in [9.17, 15) is 23.1 Å². The smallest absolute Gasteiger partial charge is 0.406 e. The summed E-state index contributed by atoms with van der Waals surface area (Å²) in [6.45, 7) is 0.750. The van der Waals surface area contributed by atoms with Crippen molar-refractivity contribution in [2.45, 2.75) is 18.9 Å². The fourth-order valence-corrected chi connectivity index (χ4v) is 3.99. The number of benzene rings is 2. The van der Waals surface area contributed by atoms with Crippen molar-refractivity contribution in [1.29, 1.82) is 0 Å². The maximum Gasteiger partial charge on any atom is 0.573 e. The molecule has 12 heteroatoms. The van der Waals surface area contributed by atoms with Crippen LogP contribution in [-0.4, -0.2) is 66.2 Å². The minimum Gasteiger partial charge on any atom is -0.406 e. The van der Waals surface area contributed by atoms with Gasteiger partial charge in [0.2, 0.25) is 0 Å². The van der Waals surface area contributed by atoms with Gasteiger partial charge in [0.25, 0.3) is 5.91 Å². The first-order valence-electron chi connectivity index (χ1n) is 10.4. The number of likely N-dealkylation sites (tertiary alicyclic amines) is 1. The van der Waals surface area contributed by atoms with Gasteiger partial charge in [-0.1, -0.05) is 0 Å². The molecule has 34 heavy (non-hydrogen) atoms. The molecular weight excluding hydrogens is 453 g/mol. The number of amides is 1. The molecule has 0 saturated carbocycles. The number of aliphatic hydroxyl groups is 1. The molecule has 0 bridgehead atoms. The Morgan fingerprint density at radius 2 is 1.91 bits per heavy atom. The average Bonchev–Trinajstić information content (AvgIpc) is 3.50. The zero-order valence-electron chi connectivity index (χ0n) is 17.9. The van der Waals surface area contributed by atoms with Crippen LogP contribution in [0, 0.1) is 0 Å². The van der Waals surface area contributed by atoms with E-state index in [-0.39, 0.29) is 18.2 Å². The third-order valence-electron chi connectivity index (χ3n) is 5.53. The highest BCUT2D eigenvalue weighted by Crippen LogP contribution is 2.31. The van der Waals surface area contributed by atoms with Gasteiger partial charge in [-0.25, -0.2) is 4.68 Å². The standard InChI is InChI=1S/C22H19F3N6O3/c1-29-26-11-18(27-29)20-17-10-13(21(33)30-9-8-15(32)12-30)2-7-19(17)31(28-20)14-3-5-16(6-4-14)34-22(23,24)25/h2-7,10-11,15,32H,8-9,12H2,1H3/t15-/m1/s1. The molecule has 5 rings (SSSR count). The molecule has 2 aromatic carbocycles. The van der Waals surface area contributed by atoms with E-state index in [2.05, 4.69) is 20.0 Å². The van der Waals surface area contributed by atoms with E-state index in [4.69, 9.17) is 0 Å². The van der Waals surface area contributed by atoms with Gasteiger partial charge < -0.3 is 14.7 Å². The van der Waals surface area contributed by atoms with Crippen LogP contribution >= 0.6 is 0 Å². The Kier molecular flexibility index (Phi) is 5.24. The van der Waals surface area contributed by atoms with Gasteiger partial charge in [0.15, 0.2) is 0 Å². The molecule has 9 nitrogen and oxygen atoms in total. The van der Waals surface area contributed by atoms with Crippen molar-refractivity contribution >= 4 is 16.8 Å². The molecule has 1 saturated heterocycles. The largest absolute Gasteiger partial charge is 0.573 e. The minimum atomic E-state index is -4.78. The van der Waals surface area contributed by atoms with Crippen molar-refractivity contribution < 1.29 is 27.8 Å². The summed E-state index contributed by atoms with van der Waals surface area (Å²) in [7, 11) is 1.66. The number of aliphatic hydroxyl groups excluding tert-OH is 1. The van der Waals surface area contributed by atoms with Crippen molar-refractivity contribution in [3.8, 4) is 22.8 Å². The van der Waals surface area contributed by atoms with E-state index in [1.807, 2.05) is 0 Å². The van der Waals surface area contributed by atoms with Gasteiger partial charge in [0, 0.05) is 31.1 Å². The molecule has 1 fully saturated rings. The highest BCUT2D eigenvalue weighted by atomic mass is 19.4. The summed E-state index contributed by atoms with van der Waals surface area (Å²) in [5.41, 5.74) is 2.50. The molecule has 1 aliphatic heterocycles. The third kappa shape index (κ3) is 4.19. The number of rotatable bonds is 4. The van der Waals surface area contributed by atoms with E-state index in [1.54, 1.807) is 34.8 Å². The lowest BCUT2D eigenvalue weighted by Gasteiger charge is -2.15. The van der Waals surface area contributed by atoms with Crippen LogP contribution < -0.4 is 4.74 Å². The van der Waals surface area contributed by atoms with Crippen LogP contribution in [0.1, 0.15) is 16.8 Å². The predicted molar refractivity (Wildman–Crippen MR) is 114 cm³/mol. The molecule has 0 aliphatic carbocycles. The van der Waals surface area contributed by atoms with Crippen molar-refractivity contribution in [3.63, 3.8) is 0 Å². The number of β-amino-alcohol motifs (C(OH)–C–C–N with tert-alkyl or cyclic N) is 1. The number of carbonyl (C=O) groups excluding carboxylic acids is 1. The van der Waals surface area contributed by atoms with Crippen LogP contribution in [0.4, 0.5) is 13.2 Å². The van der Waals surface area contributed by atoms with Gasteiger partial charge >= 0.3 is 6.36 Å². The number of ether oxygens (including phenoxy) is 1. The molecule has 1 atom stereocenters. The maximum absolute atomic E-state index is 13.0. The second-order valence-electron chi connectivity index (χ2n) is 7.95. The lowest BCUT2D eigenvalue weighted by molar-refractivity contribution is -0.274. The molecule has 1 aliphatic rings. The van der Waals surface area contributed by atoms with Gasteiger partial charge in [0.05, 0.1) is 23.5 Å². The summed E-state index contributed by atoms with van der Waals surface area (Å²) in [6, 6.07) is 10.4. The lowest BCUT2D eigenvalue weighted by Crippen LogP contribution is -2.29. The van der Waals surface area contributed by atoms with Crippen molar-refractivity contribution in [2.75, 3.05) is 13.1 Å². The molecular formula is C22H19F3N6O3. The predicted octanol–water partition coefficient (Wildman–Crippen LogP) is 2.93. The Bertz CT molecular complexity index is 1360. The Balaban J connectivity index is 1.58. The van der Waals surface area contributed by atoms with Crippen LogP contribution in [0.15, 0.2) is 48.7 Å². The van der Waals surface area contributed by atoms with Crippen molar-refractivity contribution in [1.82, 2.24) is 29.7 Å². The monoisotopic (exact) mass is 472 g/mol. The van der Waals surface area contributed by atoms with Crippen LogP contribution in [0.2, 0.25) is 0 Å². The fourth-order valence-electron chi connectivity index (χ4n) is 3.99. The van der Waals surface area contributed by atoms with Gasteiger partial charge in [-0.2, -0.15) is 20.1 Å². The summed E-state index contributed by atoms with van der Waals surface area (Å²) in [4.78, 5) is 15.9. The number of aryl methyl sites for hydroxylation is 1. The van der Waals surface area contributed by atoms with E-state index in [0.29, 0.717) is 46.5 Å². The summed E-state index contributed by atoms with van der Waals surface area (Å²) in [5, 5.41) is 23.4. The van der Waals surface area contributed by atoms with Crippen LogP contribution in [-0.2, 0) is 7.05 Å². The number of halogens is 3. The maximum atomic E-state index is 13.0. The minimum absolute atomic E-state index is 0.204. The molecule has 3 heterocycles. The first-order chi connectivity index (χ1) is 16.2. The number of alkyl halides is 3. The molecule has 0 radical (unpaired) electrons. The average molecular weight is 472 g/mol. The van der Waals surface area contributed by atoms with E-state index < -0.39 is 12.5 Å². The van der Waals surface area contributed by atoms with Crippen LogP contribution in [0.25, 0.3) is 28.0 Å². The van der Waals surface area contributed by atoms with E-state index >= 15 is 0 Å². The highest BCUT2D eigenvalue weighted by Gasteiger charge is 2.31.